The van der Waals surface area contributed by atoms with Crippen molar-refractivity contribution in [2.45, 2.75) is 19.3 Å². The highest BCUT2D eigenvalue weighted by atomic mass is 32.1. The molecule has 21 heavy (non-hydrogen) atoms. The van der Waals surface area contributed by atoms with Crippen LogP contribution in [0.25, 0.3) is 0 Å². The van der Waals surface area contributed by atoms with Gasteiger partial charge in [0, 0.05) is 13.1 Å². The quantitative estimate of drug-likeness (QED) is 0.827. The van der Waals surface area contributed by atoms with Crippen LogP contribution in [0.15, 0.2) is 30.3 Å². The van der Waals surface area contributed by atoms with Gasteiger partial charge in [-0.05, 0) is 30.6 Å². The number of likely N-dealkylation sites (tertiary alicyclic amines) is 1. The number of nitrogens with one attached hydrogen (secondary N) is 1. The molecular formula is C15H18N2O3S. The molecule has 112 valence electrons. The summed E-state index contributed by atoms with van der Waals surface area (Å²) in [5, 5.41) is 12.1. The molecule has 1 heterocycles. The molecule has 1 aliphatic rings. The van der Waals surface area contributed by atoms with Crippen molar-refractivity contribution in [2.75, 3.05) is 13.1 Å². The van der Waals surface area contributed by atoms with Crippen LogP contribution in [0.3, 0.4) is 0 Å². The van der Waals surface area contributed by atoms with Gasteiger partial charge in [-0.25, -0.2) is 0 Å². The zero-order chi connectivity index (χ0) is 15.2. The minimum absolute atomic E-state index is 0.147. The summed E-state index contributed by atoms with van der Waals surface area (Å²) in [4.78, 5) is 24.7. The highest BCUT2D eigenvalue weighted by Gasteiger charge is 2.26. The summed E-state index contributed by atoms with van der Waals surface area (Å²) in [6.45, 7) is 1.14. The number of carboxylic acids is 1. The van der Waals surface area contributed by atoms with E-state index in [4.69, 9.17) is 17.3 Å². The summed E-state index contributed by atoms with van der Waals surface area (Å²) in [6, 6.07) is 9.45. The standard InChI is InChI=1S/C15H18N2O3S/c18-13(10-11-4-2-1-3-5-11)16-15(21)17-8-6-12(7-9-17)14(19)20/h1-5,12H,6-10H2,(H,19,20)(H,16,18,21). The Labute approximate surface area is 128 Å². The molecule has 1 aromatic carbocycles. The monoisotopic (exact) mass is 306 g/mol. The van der Waals surface area contributed by atoms with Crippen molar-refractivity contribution in [3.05, 3.63) is 35.9 Å². The summed E-state index contributed by atoms with van der Waals surface area (Å²) < 4.78 is 0. The van der Waals surface area contributed by atoms with Crippen molar-refractivity contribution in [3.63, 3.8) is 0 Å². The highest BCUT2D eigenvalue weighted by Crippen LogP contribution is 2.17. The first kappa shape index (κ1) is 15.4. The van der Waals surface area contributed by atoms with Gasteiger partial charge < -0.3 is 15.3 Å². The number of hydrogen-bond acceptors (Lipinski definition) is 3. The first-order chi connectivity index (χ1) is 10.1. The van der Waals surface area contributed by atoms with Gasteiger partial charge in [0.2, 0.25) is 5.91 Å². The number of thiocarbonyl (C=S) groups is 1. The fourth-order valence-corrected chi connectivity index (χ4v) is 2.65. The van der Waals surface area contributed by atoms with Gasteiger partial charge >= 0.3 is 5.97 Å². The second-order valence-corrected chi connectivity index (χ2v) is 5.50. The highest BCUT2D eigenvalue weighted by molar-refractivity contribution is 7.80. The lowest BCUT2D eigenvalue weighted by Gasteiger charge is -2.31. The number of rotatable bonds is 3. The van der Waals surface area contributed by atoms with Crippen molar-refractivity contribution in [2.24, 2.45) is 5.92 Å². The average molecular weight is 306 g/mol. The second-order valence-electron chi connectivity index (χ2n) is 5.12. The van der Waals surface area contributed by atoms with E-state index in [1.165, 1.54) is 0 Å². The maximum atomic E-state index is 11.9. The van der Waals surface area contributed by atoms with Crippen LogP contribution in [0.2, 0.25) is 0 Å². The molecule has 0 spiro atoms. The minimum Gasteiger partial charge on any atom is -0.481 e. The molecular weight excluding hydrogens is 288 g/mol. The van der Waals surface area contributed by atoms with Gasteiger partial charge in [-0.15, -0.1) is 0 Å². The van der Waals surface area contributed by atoms with E-state index in [2.05, 4.69) is 5.32 Å². The number of benzene rings is 1. The number of piperidine rings is 1. The lowest BCUT2D eigenvalue weighted by molar-refractivity contribution is -0.143. The molecule has 0 saturated carbocycles. The van der Waals surface area contributed by atoms with E-state index in [-0.39, 0.29) is 18.2 Å². The molecule has 1 amide bonds. The van der Waals surface area contributed by atoms with E-state index in [0.29, 0.717) is 31.0 Å². The van der Waals surface area contributed by atoms with Crippen LogP contribution in [-0.4, -0.2) is 40.1 Å². The Hall–Kier alpha value is -1.95. The van der Waals surface area contributed by atoms with Crippen LogP contribution in [0.1, 0.15) is 18.4 Å². The lowest BCUT2D eigenvalue weighted by atomic mass is 9.97. The molecule has 2 rings (SSSR count). The third kappa shape index (κ3) is 4.53. The topological polar surface area (TPSA) is 69.6 Å². The first-order valence-corrected chi connectivity index (χ1v) is 7.32. The van der Waals surface area contributed by atoms with Gasteiger partial charge in [0.05, 0.1) is 12.3 Å². The molecule has 0 atom stereocenters. The molecule has 0 aromatic heterocycles. The Morgan fingerprint density at radius 3 is 2.43 bits per heavy atom. The second kappa shape index (κ2) is 7.17. The van der Waals surface area contributed by atoms with Gasteiger partial charge in [-0.1, -0.05) is 30.3 Å². The van der Waals surface area contributed by atoms with E-state index in [1.54, 1.807) is 0 Å². The van der Waals surface area contributed by atoms with E-state index in [1.807, 2.05) is 35.2 Å². The molecule has 5 nitrogen and oxygen atoms in total. The molecule has 0 radical (unpaired) electrons. The number of aliphatic carboxylic acids is 1. The van der Waals surface area contributed by atoms with Gasteiger partial charge in [-0.3, -0.25) is 9.59 Å². The zero-order valence-electron chi connectivity index (χ0n) is 11.6. The Balaban J connectivity index is 1.79. The fourth-order valence-electron chi connectivity index (χ4n) is 2.35. The molecule has 2 N–H and O–H groups in total. The van der Waals surface area contributed by atoms with Gasteiger partial charge in [0.1, 0.15) is 0 Å². The molecule has 6 heteroatoms. The maximum Gasteiger partial charge on any atom is 0.306 e. The summed E-state index contributed by atoms with van der Waals surface area (Å²) in [5.74, 6) is -1.20. The SMILES string of the molecule is O=C(Cc1ccccc1)NC(=S)N1CCC(C(=O)O)CC1. The summed E-state index contributed by atoms with van der Waals surface area (Å²) in [6.07, 6.45) is 1.40. The van der Waals surface area contributed by atoms with Crippen LogP contribution < -0.4 is 5.32 Å². The van der Waals surface area contributed by atoms with E-state index >= 15 is 0 Å². The predicted molar refractivity (Wildman–Crippen MR) is 82.8 cm³/mol. The van der Waals surface area contributed by atoms with Crippen molar-refractivity contribution in [1.82, 2.24) is 10.2 Å². The fraction of sp³-hybridized carbons (Fsp3) is 0.400. The Kier molecular flexibility index (Phi) is 5.27. The number of amides is 1. The number of carbonyl (C=O) groups is 2. The number of carboxylic acid groups (broad SMARTS) is 1. The average Bonchev–Trinajstić information content (AvgIpc) is 2.48. The number of carbonyl (C=O) groups excluding carboxylic acids is 1. The summed E-state index contributed by atoms with van der Waals surface area (Å²) in [7, 11) is 0. The van der Waals surface area contributed by atoms with Gasteiger partial charge in [-0.2, -0.15) is 0 Å². The number of hydrogen-bond donors (Lipinski definition) is 2. The smallest absolute Gasteiger partial charge is 0.306 e. The molecule has 1 aromatic rings. The normalized spacial score (nSPS) is 15.5. The molecule has 0 aliphatic carbocycles. The molecule has 0 unspecified atom stereocenters. The van der Waals surface area contributed by atoms with Crippen LogP contribution in [-0.2, 0) is 16.0 Å². The predicted octanol–water partition coefficient (Wildman–Crippen LogP) is 1.43. The van der Waals surface area contributed by atoms with Gasteiger partial charge in [0.15, 0.2) is 5.11 Å². The maximum absolute atomic E-state index is 11.9. The van der Waals surface area contributed by atoms with Crippen LogP contribution >= 0.6 is 12.2 Å². The minimum atomic E-state index is -0.756. The third-order valence-electron chi connectivity index (χ3n) is 3.59. The van der Waals surface area contributed by atoms with Crippen molar-refractivity contribution < 1.29 is 14.7 Å². The molecule has 1 aliphatic heterocycles. The lowest BCUT2D eigenvalue weighted by Crippen LogP contribution is -2.47. The molecule has 1 saturated heterocycles. The Morgan fingerprint density at radius 2 is 1.86 bits per heavy atom. The first-order valence-electron chi connectivity index (χ1n) is 6.92. The molecule has 0 bridgehead atoms. The Morgan fingerprint density at radius 1 is 1.24 bits per heavy atom. The Bertz CT molecular complexity index is 525. The van der Waals surface area contributed by atoms with E-state index in [9.17, 15) is 9.59 Å². The largest absolute Gasteiger partial charge is 0.481 e. The van der Waals surface area contributed by atoms with Crippen molar-refractivity contribution in [1.29, 1.82) is 0 Å². The van der Waals surface area contributed by atoms with Crippen LogP contribution in [0.4, 0.5) is 0 Å². The van der Waals surface area contributed by atoms with E-state index < -0.39 is 5.97 Å². The van der Waals surface area contributed by atoms with Crippen LogP contribution in [0, 0.1) is 5.92 Å². The zero-order valence-corrected chi connectivity index (χ0v) is 12.4. The van der Waals surface area contributed by atoms with Gasteiger partial charge in [0.25, 0.3) is 0 Å². The van der Waals surface area contributed by atoms with Crippen molar-refractivity contribution in [3.8, 4) is 0 Å². The van der Waals surface area contributed by atoms with E-state index in [0.717, 1.165) is 5.56 Å². The molecule has 1 fully saturated rings. The number of nitrogens with zero attached hydrogens (tertiary/aromatic N) is 1. The van der Waals surface area contributed by atoms with Crippen LogP contribution in [0.5, 0.6) is 0 Å². The summed E-state index contributed by atoms with van der Waals surface area (Å²) >= 11 is 5.22. The third-order valence-corrected chi connectivity index (χ3v) is 3.95. The summed E-state index contributed by atoms with van der Waals surface area (Å²) in [5.41, 5.74) is 0.933. The van der Waals surface area contributed by atoms with Crippen molar-refractivity contribution >= 4 is 29.2 Å².